The molecule has 4 rings (SSSR count). The number of carbonyl (C=O) groups is 2. The fraction of sp³-hybridized carbons (Fsp3) is 0.0909. The van der Waals surface area contributed by atoms with Crippen molar-refractivity contribution in [2.24, 2.45) is 0 Å². The second-order valence-electron chi connectivity index (χ2n) is 7.00. The summed E-state index contributed by atoms with van der Waals surface area (Å²) in [4.78, 5) is 41.6. The molecule has 0 aliphatic carbocycles. The second-order valence-corrected chi connectivity index (χ2v) is 7.41. The first-order valence-corrected chi connectivity index (χ1v) is 10.0. The van der Waals surface area contributed by atoms with Gasteiger partial charge in [0, 0.05) is 24.6 Å². The number of carboxylic acid groups (broad SMARTS) is 1. The average molecular weight is 468 g/mol. The highest BCUT2D eigenvalue weighted by Gasteiger charge is 2.14. The van der Waals surface area contributed by atoms with Gasteiger partial charge in [0.05, 0.1) is 28.9 Å². The Morgan fingerprint density at radius 1 is 1.21 bits per heavy atom. The summed E-state index contributed by atoms with van der Waals surface area (Å²) in [6.07, 6.45) is 3.51. The third-order valence-corrected chi connectivity index (χ3v) is 5.10. The molecular formula is C22H18ClN5O5. The molecule has 0 radical (unpaired) electrons. The van der Waals surface area contributed by atoms with Crippen LogP contribution in [-0.4, -0.2) is 38.8 Å². The van der Waals surface area contributed by atoms with Crippen molar-refractivity contribution in [1.29, 1.82) is 0 Å². The van der Waals surface area contributed by atoms with Gasteiger partial charge in [0.2, 0.25) is 5.69 Å². The normalized spacial score (nSPS) is 10.7. The summed E-state index contributed by atoms with van der Waals surface area (Å²) in [5, 5.41) is 15.0. The van der Waals surface area contributed by atoms with Crippen molar-refractivity contribution in [3.63, 3.8) is 0 Å². The lowest BCUT2D eigenvalue weighted by Gasteiger charge is -2.09. The van der Waals surface area contributed by atoms with Gasteiger partial charge in [0.15, 0.2) is 0 Å². The zero-order valence-corrected chi connectivity index (χ0v) is 18.0. The summed E-state index contributed by atoms with van der Waals surface area (Å²) in [5.74, 6) is -0.729. The minimum Gasteiger partial charge on any atom is -0.497 e. The first-order chi connectivity index (χ1) is 15.8. The van der Waals surface area contributed by atoms with Crippen molar-refractivity contribution in [3.8, 4) is 11.4 Å². The van der Waals surface area contributed by atoms with Gasteiger partial charge in [0.1, 0.15) is 5.75 Å². The number of methoxy groups -OCH3 is 1. The number of amides is 2. The van der Waals surface area contributed by atoms with E-state index >= 15 is 0 Å². The van der Waals surface area contributed by atoms with Crippen LogP contribution in [0.3, 0.4) is 0 Å². The molecule has 0 fully saturated rings. The predicted octanol–water partition coefficient (Wildman–Crippen LogP) is 3.40. The number of hydrogen-bond acceptors (Lipinski definition) is 5. The number of fused-ring (bicyclic) bond motifs is 1. The quantitative estimate of drug-likeness (QED) is 0.343. The molecule has 0 bridgehead atoms. The van der Waals surface area contributed by atoms with Crippen LogP contribution in [0, 0.1) is 0 Å². The molecule has 2 heterocycles. The zero-order chi connectivity index (χ0) is 23.5. The lowest BCUT2D eigenvalue weighted by Crippen LogP contribution is -2.27. The van der Waals surface area contributed by atoms with Crippen LogP contribution in [0.5, 0.6) is 5.75 Å². The van der Waals surface area contributed by atoms with Crippen LogP contribution in [0.4, 0.5) is 10.5 Å². The number of carbonyl (C=O) groups excluding carboxylic acids is 1. The van der Waals surface area contributed by atoms with Gasteiger partial charge in [0.25, 0.3) is 5.56 Å². The Balaban J connectivity index is 1.48. The smallest absolute Gasteiger partial charge is 0.360 e. The molecule has 33 heavy (non-hydrogen) atoms. The molecule has 10 nitrogen and oxygen atoms in total. The number of rotatable bonds is 6. The van der Waals surface area contributed by atoms with E-state index in [9.17, 15) is 14.4 Å². The topological polar surface area (TPSA) is 138 Å². The van der Waals surface area contributed by atoms with Gasteiger partial charge in [-0.15, -0.1) is 0 Å². The third kappa shape index (κ3) is 4.80. The van der Waals surface area contributed by atoms with E-state index in [0.717, 1.165) is 5.56 Å². The third-order valence-electron chi connectivity index (χ3n) is 4.80. The first kappa shape index (κ1) is 21.9. The highest BCUT2D eigenvalue weighted by molar-refractivity contribution is 6.33. The maximum Gasteiger partial charge on any atom is 0.360 e. The van der Waals surface area contributed by atoms with Crippen molar-refractivity contribution in [2.75, 3.05) is 12.4 Å². The van der Waals surface area contributed by atoms with E-state index in [-0.39, 0.29) is 18.1 Å². The summed E-state index contributed by atoms with van der Waals surface area (Å²) in [5.41, 5.74) is 1.16. The SMILES string of the molecule is COc1ccc(NC(=O)NCc2ccn(-c3cc4nc(C(=O)O)c(=O)[nH]c4cc3Cl)c2)cc1. The number of hydrogen-bond donors (Lipinski definition) is 4. The molecule has 11 heteroatoms. The monoisotopic (exact) mass is 467 g/mol. The Kier molecular flexibility index (Phi) is 6.01. The molecule has 2 amide bonds. The molecule has 0 atom stereocenters. The maximum absolute atomic E-state index is 12.2. The van der Waals surface area contributed by atoms with Crippen LogP contribution in [0.2, 0.25) is 5.02 Å². The maximum atomic E-state index is 12.2. The molecule has 2 aromatic carbocycles. The van der Waals surface area contributed by atoms with E-state index in [4.69, 9.17) is 21.4 Å². The van der Waals surface area contributed by atoms with Crippen LogP contribution in [-0.2, 0) is 6.54 Å². The van der Waals surface area contributed by atoms with Crippen molar-refractivity contribution in [2.45, 2.75) is 6.54 Å². The van der Waals surface area contributed by atoms with E-state index in [0.29, 0.717) is 27.7 Å². The fourth-order valence-electron chi connectivity index (χ4n) is 3.17. The molecule has 168 valence electrons. The number of aromatic nitrogens is 3. The number of aromatic carboxylic acids is 1. The highest BCUT2D eigenvalue weighted by atomic mass is 35.5. The van der Waals surface area contributed by atoms with Gasteiger partial charge < -0.3 is 30.0 Å². The first-order valence-electron chi connectivity index (χ1n) is 9.67. The Hall–Kier alpha value is -4.31. The van der Waals surface area contributed by atoms with E-state index in [1.54, 1.807) is 60.5 Å². The molecule has 0 spiro atoms. The van der Waals surface area contributed by atoms with Crippen LogP contribution in [0.25, 0.3) is 16.7 Å². The molecule has 0 saturated carbocycles. The Morgan fingerprint density at radius 2 is 1.97 bits per heavy atom. The number of ether oxygens (including phenoxy) is 1. The van der Waals surface area contributed by atoms with Gasteiger partial charge >= 0.3 is 12.0 Å². The van der Waals surface area contributed by atoms with Gasteiger partial charge in [-0.05, 0) is 48.0 Å². The number of H-pyrrole nitrogens is 1. The summed E-state index contributed by atoms with van der Waals surface area (Å²) in [6, 6.07) is 11.5. The minimum atomic E-state index is -1.42. The van der Waals surface area contributed by atoms with E-state index < -0.39 is 17.2 Å². The second kappa shape index (κ2) is 9.05. The van der Waals surface area contributed by atoms with Crippen molar-refractivity contribution in [3.05, 3.63) is 81.5 Å². The minimum absolute atomic E-state index is 0.259. The molecular weight excluding hydrogens is 450 g/mol. The van der Waals surface area contributed by atoms with Crippen LogP contribution in [0.1, 0.15) is 16.1 Å². The average Bonchev–Trinajstić information content (AvgIpc) is 3.26. The Morgan fingerprint density at radius 3 is 2.67 bits per heavy atom. The Labute approximate surface area is 191 Å². The molecule has 4 aromatic rings. The van der Waals surface area contributed by atoms with E-state index in [2.05, 4.69) is 20.6 Å². The van der Waals surface area contributed by atoms with Gasteiger partial charge in [-0.25, -0.2) is 14.6 Å². The number of carboxylic acids is 1. The predicted molar refractivity (Wildman–Crippen MR) is 123 cm³/mol. The van der Waals surface area contributed by atoms with Crippen molar-refractivity contribution in [1.82, 2.24) is 19.9 Å². The summed E-state index contributed by atoms with van der Waals surface area (Å²) >= 11 is 6.37. The number of nitrogens with one attached hydrogen (secondary N) is 3. The molecule has 0 aliphatic rings. The van der Waals surface area contributed by atoms with E-state index in [1.807, 2.05) is 0 Å². The summed E-state index contributed by atoms with van der Waals surface area (Å²) in [6.45, 7) is 0.259. The summed E-state index contributed by atoms with van der Waals surface area (Å²) in [7, 11) is 1.57. The number of urea groups is 1. The van der Waals surface area contributed by atoms with Gasteiger partial charge in [-0.3, -0.25) is 4.79 Å². The van der Waals surface area contributed by atoms with Crippen molar-refractivity contribution >= 4 is 40.3 Å². The summed E-state index contributed by atoms with van der Waals surface area (Å²) < 4.78 is 6.80. The number of anilines is 1. The van der Waals surface area contributed by atoms with Gasteiger partial charge in [-0.1, -0.05) is 11.6 Å². The number of benzene rings is 2. The van der Waals surface area contributed by atoms with E-state index in [1.165, 1.54) is 6.07 Å². The lowest BCUT2D eigenvalue weighted by atomic mass is 10.2. The fourth-order valence-corrected chi connectivity index (χ4v) is 3.43. The molecule has 0 aliphatic heterocycles. The molecule has 0 unspecified atom stereocenters. The highest BCUT2D eigenvalue weighted by Crippen LogP contribution is 2.25. The molecule has 0 saturated heterocycles. The number of halogens is 1. The largest absolute Gasteiger partial charge is 0.497 e. The van der Waals surface area contributed by atoms with Crippen molar-refractivity contribution < 1.29 is 19.4 Å². The van der Waals surface area contributed by atoms with Crippen LogP contribution in [0.15, 0.2) is 59.7 Å². The van der Waals surface area contributed by atoms with Gasteiger partial charge in [-0.2, -0.15) is 0 Å². The Bertz CT molecular complexity index is 1410. The lowest BCUT2D eigenvalue weighted by molar-refractivity contribution is 0.0689. The number of aromatic amines is 1. The van der Waals surface area contributed by atoms with Crippen LogP contribution >= 0.6 is 11.6 Å². The number of nitrogens with zero attached hydrogens (tertiary/aromatic N) is 2. The standard InChI is InChI=1S/C22H18ClN5O5/c1-33-14-4-2-13(3-5-14)25-22(32)24-10-12-6-7-28(11-12)18-9-17-16(8-15(18)23)27-20(29)19(26-17)21(30)31/h2-9,11H,10H2,1H3,(H,27,29)(H,30,31)(H2,24,25,32). The van der Waals surface area contributed by atoms with Crippen LogP contribution < -0.4 is 20.9 Å². The molecule has 4 N–H and O–H groups in total. The zero-order valence-electron chi connectivity index (χ0n) is 17.3. The molecule has 2 aromatic heterocycles.